The Kier molecular flexibility index (Phi) is 6.15. The second-order valence-corrected chi connectivity index (χ2v) is 7.60. The van der Waals surface area contributed by atoms with Crippen molar-refractivity contribution < 1.29 is 22.3 Å². The summed E-state index contributed by atoms with van der Waals surface area (Å²) in [5, 5.41) is 2.41. The van der Waals surface area contributed by atoms with E-state index in [4.69, 9.17) is 4.74 Å². The van der Waals surface area contributed by atoms with E-state index >= 15 is 0 Å². The monoisotopic (exact) mass is 430 g/mol. The highest BCUT2D eigenvalue weighted by Gasteiger charge is 2.21. The van der Waals surface area contributed by atoms with Gasteiger partial charge in [-0.2, -0.15) is 0 Å². The molecular weight excluding hydrogens is 415 g/mol. The first kappa shape index (κ1) is 19.4. The maximum absolute atomic E-state index is 13.8. The molecule has 0 aliphatic rings. The molecule has 134 valence electrons. The Bertz CT molecular complexity index is 903. The third-order valence-corrected chi connectivity index (χ3v) is 5.29. The minimum absolute atomic E-state index is 0.0138. The second-order valence-electron chi connectivity index (χ2n) is 4.95. The minimum atomic E-state index is -3.83. The minimum Gasteiger partial charge on any atom is -0.495 e. The smallest absolute Gasteiger partial charge is 0.255 e. The molecule has 2 aromatic carbocycles. The van der Waals surface area contributed by atoms with Gasteiger partial charge >= 0.3 is 0 Å². The van der Waals surface area contributed by atoms with Crippen LogP contribution in [0, 0.1) is 5.82 Å². The van der Waals surface area contributed by atoms with Crippen LogP contribution in [0.15, 0.2) is 45.8 Å². The molecule has 0 unspecified atom stereocenters. The van der Waals surface area contributed by atoms with Gasteiger partial charge in [0.1, 0.15) is 16.5 Å². The van der Waals surface area contributed by atoms with E-state index in [1.54, 1.807) is 13.0 Å². The average molecular weight is 431 g/mol. The van der Waals surface area contributed by atoms with Gasteiger partial charge in [-0.3, -0.25) is 4.79 Å². The number of hydrogen-bond donors (Lipinski definition) is 2. The van der Waals surface area contributed by atoms with Crippen molar-refractivity contribution in [2.24, 2.45) is 0 Å². The molecule has 25 heavy (non-hydrogen) atoms. The first-order chi connectivity index (χ1) is 11.8. The molecule has 0 saturated carbocycles. The Morgan fingerprint density at radius 1 is 1.24 bits per heavy atom. The molecule has 0 atom stereocenters. The summed E-state index contributed by atoms with van der Waals surface area (Å²) in [6.07, 6.45) is 0. The molecule has 2 aromatic rings. The van der Waals surface area contributed by atoms with Crippen molar-refractivity contribution in [1.82, 2.24) is 4.72 Å². The lowest BCUT2D eigenvalue weighted by molar-refractivity contribution is 0.102. The van der Waals surface area contributed by atoms with Crippen LogP contribution in [-0.4, -0.2) is 28.0 Å². The van der Waals surface area contributed by atoms with E-state index in [1.165, 1.54) is 37.4 Å². The lowest BCUT2D eigenvalue weighted by atomic mass is 10.2. The molecule has 9 heteroatoms. The lowest BCUT2D eigenvalue weighted by Crippen LogP contribution is -2.24. The highest BCUT2D eigenvalue weighted by Crippen LogP contribution is 2.26. The van der Waals surface area contributed by atoms with Crippen molar-refractivity contribution in [3.63, 3.8) is 0 Å². The summed E-state index contributed by atoms with van der Waals surface area (Å²) < 4.78 is 46.3. The molecule has 0 radical (unpaired) electrons. The maximum Gasteiger partial charge on any atom is 0.255 e. The zero-order chi connectivity index (χ0) is 18.6. The van der Waals surface area contributed by atoms with Gasteiger partial charge in [0.2, 0.25) is 10.0 Å². The molecule has 2 rings (SSSR count). The summed E-state index contributed by atoms with van der Waals surface area (Å²) in [5.41, 5.74) is 0.0414. The van der Waals surface area contributed by atoms with Crippen molar-refractivity contribution in [2.75, 3.05) is 19.0 Å². The zero-order valence-electron chi connectivity index (χ0n) is 13.5. The Morgan fingerprint density at radius 3 is 2.56 bits per heavy atom. The Hall–Kier alpha value is -1.97. The summed E-state index contributed by atoms with van der Waals surface area (Å²) in [5.74, 6) is -1.15. The largest absolute Gasteiger partial charge is 0.495 e. The molecule has 0 aromatic heterocycles. The Morgan fingerprint density at radius 2 is 1.96 bits per heavy atom. The molecular formula is C16H16BrFN2O4S. The third-order valence-electron chi connectivity index (χ3n) is 3.23. The van der Waals surface area contributed by atoms with Crippen molar-refractivity contribution in [3.8, 4) is 5.75 Å². The number of carbonyl (C=O) groups excluding carboxylic acids is 1. The molecule has 0 bridgehead atoms. The van der Waals surface area contributed by atoms with Crippen LogP contribution in [-0.2, 0) is 10.0 Å². The van der Waals surface area contributed by atoms with E-state index < -0.39 is 21.7 Å². The maximum atomic E-state index is 13.8. The fraction of sp³-hybridized carbons (Fsp3) is 0.188. The Balaban J connectivity index is 2.37. The van der Waals surface area contributed by atoms with E-state index in [1.807, 2.05) is 0 Å². The van der Waals surface area contributed by atoms with E-state index in [2.05, 4.69) is 26.0 Å². The first-order valence-corrected chi connectivity index (χ1v) is 9.50. The van der Waals surface area contributed by atoms with Gasteiger partial charge in [-0.05, 0) is 36.4 Å². The van der Waals surface area contributed by atoms with Crippen molar-refractivity contribution in [1.29, 1.82) is 0 Å². The van der Waals surface area contributed by atoms with Gasteiger partial charge in [0.15, 0.2) is 0 Å². The first-order valence-electron chi connectivity index (χ1n) is 7.22. The molecule has 0 fully saturated rings. The predicted octanol–water partition coefficient (Wildman–Crippen LogP) is 3.15. The van der Waals surface area contributed by atoms with Crippen LogP contribution < -0.4 is 14.8 Å². The van der Waals surface area contributed by atoms with E-state index in [9.17, 15) is 17.6 Å². The quantitative estimate of drug-likeness (QED) is 0.736. The summed E-state index contributed by atoms with van der Waals surface area (Å²) >= 11 is 3.13. The number of ether oxygens (including phenoxy) is 1. The van der Waals surface area contributed by atoms with Gasteiger partial charge in [-0.1, -0.05) is 22.9 Å². The second kappa shape index (κ2) is 7.94. The van der Waals surface area contributed by atoms with Gasteiger partial charge < -0.3 is 10.1 Å². The molecule has 1 amide bonds. The van der Waals surface area contributed by atoms with Crippen LogP contribution in [0.25, 0.3) is 0 Å². The molecule has 0 aliphatic carbocycles. The number of halogens is 2. The van der Waals surface area contributed by atoms with Crippen LogP contribution >= 0.6 is 15.9 Å². The van der Waals surface area contributed by atoms with Crippen LogP contribution in [0.4, 0.5) is 10.1 Å². The van der Waals surface area contributed by atoms with E-state index in [0.717, 1.165) is 0 Å². The fourth-order valence-corrected chi connectivity index (χ4v) is 3.65. The third kappa shape index (κ3) is 4.56. The number of carbonyl (C=O) groups is 1. The summed E-state index contributed by atoms with van der Waals surface area (Å²) in [7, 11) is -2.50. The van der Waals surface area contributed by atoms with Gasteiger partial charge in [0, 0.05) is 16.6 Å². The topological polar surface area (TPSA) is 84.5 Å². The van der Waals surface area contributed by atoms with Crippen LogP contribution in [0.3, 0.4) is 0 Å². The van der Waals surface area contributed by atoms with Crippen molar-refractivity contribution in [2.45, 2.75) is 11.8 Å². The van der Waals surface area contributed by atoms with Crippen LogP contribution in [0.1, 0.15) is 17.3 Å². The van der Waals surface area contributed by atoms with Gasteiger partial charge in [0.25, 0.3) is 5.91 Å². The number of rotatable bonds is 6. The molecule has 0 heterocycles. The predicted molar refractivity (Wildman–Crippen MR) is 95.9 cm³/mol. The highest BCUT2D eigenvalue weighted by atomic mass is 79.9. The highest BCUT2D eigenvalue weighted by molar-refractivity contribution is 9.10. The number of methoxy groups -OCH3 is 1. The molecule has 6 nitrogen and oxygen atoms in total. The number of nitrogens with one attached hydrogen (secondary N) is 2. The van der Waals surface area contributed by atoms with Crippen molar-refractivity contribution in [3.05, 3.63) is 52.3 Å². The van der Waals surface area contributed by atoms with Gasteiger partial charge in [-0.15, -0.1) is 0 Å². The van der Waals surface area contributed by atoms with E-state index in [-0.39, 0.29) is 28.4 Å². The van der Waals surface area contributed by atoms with Crippen molar-refractivity contribution >= 4 is 37.5 Å². The van der Waals surface area contributed by atoms with Gasteiger partial charge in [-0.25, -0.2) is 17.5 Å². The fourth-order valence-electron chi connectivity index (χ4n) is 2.08. The molecule has 0 aliphatic heterocycles. The normalized spacial score (nSPS) is 11.2. The van der Waals surface area contributed by atoms with Gasteiger partial charge in [0.05, 0.1) is 12.8 Å². The van der Waals surface area contributed by atoms with Crippen LogP contribution in [0.2, 0.25) is 0 Å². The summed E-state index contributed by atoms with van der Waals surface area (Å²) in [4.78, 5) is 12.2. The SMILES string of the molecule is CCNS(=O)(=O)c1cc(C(=O)Nc2ccc(Br)cc2F)ccc1OC. The summed E-state index contributed by atoms with van der Waals surface area (Å²) in [6.45, 7) is 1.82. The molecule has 0 saturated heterocycles. The average Bonchev–Trinajstić information content (AvgIpc) is 2.56. The number of sulfonamides is 1. The Labute approximate surface area is 153 Å². The number of benzene rings is 2. The number of amides is 1. The number of anilines is 1. The standard InChI is InChI=1S/C16H16BrFN2O4S/c1-3-19-25(22,23)15-8-10(4-7-14(15)24-2)16(21)20-13-6-5-11(17)9-12(13)18/h4-9,19H,3H2,1-2H3,(H,20,21). The number of hydrogen-bond acceptors (Lipinski definition) is 4. The van der Waals surface area contributed by atoms with E-state index in [0.29, 0.717) is 4.47 Å². The summed E-state index contributed by atoms with van der Waals surface area (Å²) in [6, 6.07) is 8.14. The van der Waals surface area contributed by atoms with Crippen LogP contribution in [0.5, 0.6) is 5.75 Å². The zero-order valence-corrected chi connectivity index (χ0v) is 15.9. The lowest BCUT2D eigenvalue weighted by Gasteiger charge is -2.12. The molecule has 2 N–H and O–H groups in total. The molecule has 0 spiro atoms.